The first-order valence-electron chi connectivity index (χ1n) is 9.37. The first kappa shape index (κ1) is 18.2. The van der Waals surface area contributed by atoms with Crippen LogP contribution in [0.1, 0.15) is 11.3 Å². The summed E-state index contributed by atoms with van der Waals surface area (Å²) in [5, 5.41) is 0. The Kier molecular flexibility index (Phi) is 5.10. The average Bonchev–Trinajstić information content (AvgIpc) is 2.70. The zero-order valence-corrected chi connectivity index (χ0v) is 16.4. The van der Waals surface area contributed by atoms with Gasteiger partial charge in [-0.2, -0.15) is 0 Å². The SMILES string of the molecule is COc1cc(CC2CN(c3cc(C)nc(-c4ccncc4)n3)C2)cc(OC)c1. The lowest BCUT2D eigenvalue weighted by Crippen LogP contribution is -2.48. The van der Waals surface area contributed by atoms with Gasteiger partial charge in [-0.05, 0) is 49.1 Å². The number of pyridine rings is 1. The molecule has 1 aliphatic heterocycles. The second kappa shape index (κ2) is 7.84. The fourth-order valence-corrected chi connectivity index (χ4v) is 3.55. The van der Waals surface area contributed by atoms with Crippen LogP contribution in [0.2, 0.25) is 0 Å². The van der Waals surface area contributed by atoms with Crippen molar-refractivity contribution in [2.24, 2.45) is 5.92 Å². The first-order chi connectivity index (χ1) is 13.6. The molecule has 1 aromatic carbocycles. The Balaban J connectivity index is 1.45. The Morgan fingerprint density at radius 1 is 0.964 bits per heavy atom. The van der Waals surface area contributed by atoms with Crippen LogP contribution in [-0.2, 0) is 6.42 Å². The van der Waals surface area contributed by atoms with Crippen LogP contribution >= 0.6 is 0 Å². The minimum absolute atomic E-state index is 0.580. The third-order valence-electron chi connectivity index (χ3n) is 5.00. The number of benzene rings is 1. The van der Waals surface area contributed by atoms with Crippen molar-refractivity contribution < 1.29 is 9.47 Å². The van der Waals surface area contributed by atoms with Gasteiger partial charge in [0, 0.05) is 48.9 Å². The number of hydrogen-bond acceptors (Lipinski definition) is 6. The van der Waals surface area contributed by atoms with Gasteiger partial charge in [-0.3, -0.25) is 4.98 Å². The summed E-state index contributed by atoms with van der Waals surface area (Å²) in [6.07, 6.45) is 4.52. The highest BCUT2D eigenvalue weighted by atomic mass is 16.5. The van der Waals surface area contributed by atoms with E-state index in [2.05, 4.69) is 33.1 Å². The second-order valence-electron chi connectivity index (χ2n) is 7.12. The highest BCUT2D eigenvalue weighted by Gasteiger charge is 2.28. The molecule has 2 aromatic heterocycles. The summed E-state index contributed by atoms with van der Waals surface area (Å²) >= 11 is 0. The molecule has 28 heavy (non-hydrogen) atoms. The fourth-order valence-electron chi connectivity index (χ4n) is 3.55. The number of aromatic nitrogens is 3. The molecule has 4 rings (SSSR count). The van der Waals surface area contributed by atoms with Crippen LogP contribution in [0, 0.1) is 12.8 Å². The first-order valence-corrected chi connectivity index (χ1v) is 9.37. The van der Waals surface area contributed by atoms with Crippen molar-refractivity contribution in [3.05, 3.63) is 60.0 Å². The number of rotatable bonds is 6. The number of hydrogen-bond donors (Lipinski definition) is 0. The topological polar surface area (TPSA) is 60.4 Å². The van der Waals surface area contributed by atoms with Gasteiger partial charge in [0.15, 0.2) is 5.82 Å². The van der Waals surface area contributed by atoms with Crippen molar-refractivity contribution >= 4 is 5.82 Å². The van der Waals surface area contributed by atoms with Gasteiger partial charge in [0.2, 0.25) is 0 Å². The second-order valence-corrected chi connectivity index (χ2v) is 7.12. The minimum atomic E-state index is 0.580. The Hall–Kier alpha value is -3.15. The summed E-state index contributed by atoms with van der Waals surface area (Å²) in [5.41, 5.74) is 3.19. The highest BCUT2D eigenvalue weighted by Crippen LogP contribution is 2.30. The molecule has 0 bridgehead atoms. The van der Waals surface area contributed by atoms with E-state index in [1.54, 1.807) is 26.6 Å². The van der Waals surface area contributed by atoms with E-state index in [1.807, 2.05) is 25.1 Å². The van der Waals surface area contributed by atoms with Crippen LogP contribution in [0.3, 0.4) is 0 Å². The molecule has 0 amide bonds. The summed E-state index contributed by atoms with van der Waals surface area (Å²) in [5.74, 6) is 3.98. The van der Waals surface area contributed by atoms with Crippen LogP contribution in [0.25, 0.3) is 11.4 Å². The smallest absolute Gasteiger partial charge is 0.161 e. The number of ether oxygens (including phenoxy) is 2. The molecule has 3 heterocycles. The van der Waals surface area contributed by atoms with Gasteiger partial charge in [-0.1, -0.05) is 0 Å². The molecule has 0 unspecified atom stereocenters. The Morgan fingerprint density at radius 3 is 2.29 bits per heavy atom. The Bertz CT molecular complexity index is 934. The molecule has 144 valence electrons. The van der Waals surface area contributed by atoms with Crippen LogP contribution in [0.15, 0.2) is 48.8 Å². The molecular weight excluding hydrogens is 352 g/mol. The number of methoxy groups -OCH3 is 2. The van der Waals surface area contributed by atoms with E-state index in [9.17, 15) is 0 Å². The fraction of sp³-hybridized carbons (Fsp3) is 0.318. The molecule has 1 fully saturated rings. The van der Waals surface area contributed by atoms with E-state index >= 15 is 0 Å². The minimum Gasteiger partial charge on any atom is -0.497 e. The maximum atomic E-state index is 5.38. The van der Waals surface area contributed by atoms with E-state index in [0.717, 1.165) is 53.9 Å². The number of anilines is 1. The molecule has 6 nitrogen and oxygen atoms in total. The maximum Gasteiger partial charge on any atom is 0.161 e. The van der Waals surface area contributed by atoms with Gasteiger partial charge in [0.1, 0.15) is 17.3 Å². The lowest BCUT2D eigenvalue weighted by molar-refractivity contribution is 0.386. The maximum absolute atomic E-state index is 5.38. The summed E-state index contributed by atoms with van der Waals surface area (Å²) in [7, 11) is 3.36. The molecule has 0 N–H and O–H groups in total. The van der Waals surface area contributed by atoms with Gasteiger partial charge in [0.25, 0.3) is 0 Å². The molecule has 0 aliphatic carbocycles. The van der Waals surface area contributed by atoms with Crippen molar-refractivity contribution in [3.63, 3.8) is 0 Å². The molecule has 0 saturated carbocycles. The van der Waals surface area contributed by atoms with Crippen molar-refractivity contribution in [1.29, 1.82) is 0 Å². The normalized spacial score (nSPS) is 13.9. The lowest BCUT2D eigenvalue weighted by atomic mass is 9.92. The third-order valence-corrected chi connectivity index (χ3v) is 5.00. The predicted molar refractivity (Wildman–Crippen MR) is 109 cm³/mol. The van der Waals surface area contributed by atoms with Gasteiger partial charge in [-0.25, -0.2) is 9.97 Å². The highest BCUT2D eigenvalue weighted by molar-refractivity contribution is 5.57. The standard InChI is InChI=1S/C22H24N4O2/c1-15-8-21(25-22(24-15)18-4-6-23-7-5-18)26-13-17(14-26)9-16-10-19(27-2)12-20(11-16)28-3/h4-8,10-12,17H,9,13-14H2,1-3H3. The van der Waals surface area contributed by atoms with Gasteiger partial charge < -0.3 is 14.4 Å². The van der Waals surface area contributed by atoms with E-state index in [1.165, 1.54) is 5.56 Å². The molecular formula is C22H24N4O2. The summed E-state index contributed by atoms with van der Waals surface area (Å²) in [4.78, 5) is 15.7. The summed E-state index contributed by atoms with van der Waals surface area (Å²) in [6.45, 7) is 3.97. The molecule has 3 aromatic rings. The molecule has 0 atom stereocenters. The monoisotopic (exact) mass is 376 g/mol. The van der Waals surface area contributed by atoms with Crippen molar-refractivity contribution in [2.75, 3.05) is 32.2 Å². The van der Waals surface area contributed by atoms with E-state index in [-0.39, 0.29) is 0 Å². The third kappa shape index (κ3) is 3.91. The van der Waals surface area contributed by atoms with E-state index in [4.69, 9.17) is 14.5 Å². The van der Waals surface area contributed by atoms with Gasteiger partial charge >= 0.3 is 0 Å². The van der Waals surface area contributed by atoms with Gasteiger partial charge in [-0.15, -0.1) is 0 Å². The Morgan fingerprint density at radius 2 is 1.64 bits per heavy atom. The predicted octanol–water partition coefficient (Wildman–Crippen LogP) is 3.54. The molecule has 0 spiro atoms. The van der Waals surface area contributed by atoms with Crippen molar-refractivity contribution in [2.45, 2.75) is 13.3 Å². The largest absolute Gasteiger partial charge is 0.497 e. The van der Waals surface area contributed by atoms with Gasteiger partial charge in [0.05, 0.1) is 14.2 Å². The van der Waals surface area contributed by atoms with E-state index in [0.29, 0.717) is 5.92 Å². The van der Waals surface area contributed by atoms with E-state index < -0.39 is 0 Å². The molecule has 6 heteroatoms. The van der Waals surface area contributed by atoms with Crippen LogP contribution in [0.4, 0.5) is 5.82 Å². The van der Waals surface area contributed by atoms with Crippen molar-refractivity contribution in [3.8, 4) is 22.9 Å². The zero-order chi connectivity index (χ0) is 19.5. The average molecular weight is 376 g/mol. The van der Waals surface area contributed by atoms with Crippen LogP contribution in [0.5, 0.6) is 11.5 Å². The quantitative estimate of drug-likeness (QED) is 0.656. The lowest BCUT2D eigenvalue weighted by Gasteiger charge is -2.40. The molecule has 1 saturated heterocycles. The molecule has 1 aliphatic rings. The zero-order valence-electron chi connectivity index (χ0n) is 16.4. The van der Waals surface area contributed by atoms with Crippen LogP contribution in [-0.4, -0.2) is 42.3 Å². The summed E-state index contributed by atoms with van der Waals surface area (Å²) < 4.78 is 10.8. The number of aryl methyl sites for hydroxylation is 1. The Labute approximate surface area is 165 Å². The van der Waals surface area contributed by atoms with Crippen LogP contribution < -0.4 is 14.4 Å². The van der Waals surface area contributed by atoms with Crippen molar-refractivity contribution in [1.82, 2.24) is 15.0 Å². The summed E-state index contributed by atoms with van der Waals surface area (Å²) in [6, 6.07) is 12.0. The molecule has 0 radical (unpaired) electrons. The number of nitrogens with zero attached hydrogens (tertiary/aromatic N) is 4.